The first-order chi connectivity index (χ1) is 16.7. The van der Waals surface area contributed by atoms with Gasteiger partial charge in [-0.1, -0.05) is 60.1 Å². The van der Waals surface area contributed by atoms with Crippen molar-refractivity contribution >= 4 is 35.1 Å². The second-order valence-corrected chi connectivity index (χ2v) is 8.56. The Morgan fingerprint density at radius 1 is 0.914 bits per heavy atom. The standard InChI is InChI=1S/C26H26ClN3O5/c1-16-4-2-7-21(12-16)29-30-25(33)24(32)28-22(15-23(31)26(34)35)13-17-8-10-18(11-9-17)19-5-3-6-20(27)14-19/h2-12,14,22-23,29,31H,13,15H2,1H3,(H,28,32)(H,30,33)(H,34,35)/t22-,23-/m1/s1. The molecule has 0 radical (unpaired) electrons. The second kappa shape index (κ2) is 12.0. The van der Waals surface area contributed by atoms with Crippen molar-refractivity contribution in [2.24, 2.45) is 0 Å². The zero-order valence-electron chi connectivity index (χ0n) is 19.0. The normalized spacial score (nSPS) is 12.3. The Kier molecular flexibility index (Phi) is 8.83. The number of carboxylic acids is 1. The van der Waals surface area contributed by atoms with Gasteiger partial charge in [0.2, 0.25) is 0 Å². The fraction of sp³-hybridized carbons (Fsp3) is 0.192. The molecule has 0 heterocycles. The first-order valence-corrected chi connectivity index (χ1v) is 11.3. The minimum atomic E-state index is -1.69. The maximum absolute atomic E-state index is 12.4. The molecule has 0 fully saturated rings. The summed E-state index contributed by atoms with van der Waals surface area (Å²) in [6.45, 7) is 1.89. The molecule has 0 bridgehead atoms. The van der Waals surface area contributed by atoms with E-state index in [1.807, 2.05) is 55.5 Å². The molecule has 0 unspecified atom stereocenters. The Bertz CT molecular complexity index is 1200. The third-order valence-electron chi connectivity index (χ3n) is 5.27. The van der Waals surface area contributed by atoms with Crippen LogP contribution in [0.4, 0.5) is 5.69 Å². The molecule has 2 amide bonds. The number of hydrogen-bond acceptors (Lipinski definition) is 5. The number of carbonyl (C=O) groups is 3. The van der Waals surface area contributed by atoms with Gasteiger partial charge >= 0.3 is 17.8 Å². The van der Waals surface area contributed by atoms with Gasteiger partial charge in [-0.05, 0) is 59.9 Å². The third-order valence-corrected chi connectivity index (χ3v) is 5.50. The molecule has 9 heteroatoms. The van der Waals surface area contributed by atoms with E-state index in [4.69, 9.17) is 16.7 Å². The Morgan fingerprint density at radius 2 is 1.63 bits per heavy atom. The molecular weight excluding hydrogens is 470 g/mol. The van der Waals surface area contributed by atoms with Crippen LogP contribution in [0.1, 0.15) is 17.5 Å². The van der Waals surface area contributed by atoms with Gasteiger partial charge in [-0.15, -0.1) is 0 Å². The Labute approximate surface area is 207 Å². The fourth-order valence-electron chi connectivity index (χ4n) is 3.51. The van der Waals surface area contributed by atoms with Crippen molar-refractivity contribution in [3.63, 3.8) is 0 Å². The zero-order chi connectivity index (χ0) is 25.4. The van der Waals surface area contributed by atoms with E-state index in [-0.39, 0.29) is 12.8 Å². The van der Waals surface area contributed by atoms with Crippen LogP contribution in [0, 0.1) is 6.92 Å². The number of aryl methyl sites for hydroxylation is 1. The SMILES string of the molecule is Cc1cccc(NNC(=O)C(=O)N[C@H](Cc2ccc(-c3cccc(Cl)c3)cc2)C[C@@H](O)C(=O)O)c1. The van der Waals surface area contributed by atoms with E-state index in [1.54, 1.807) is 24.3 Å². The summed E-state index contributed by atoms with van der Waals surface area (Å²) < 4.78 is 0. The number of anilines is 1. The van der Waals surface area contributed by atoms with Gasteiger partial charge in [0.1, 0.15) is 0 Å². The molecule has 35 heavy (non-hydrogen) atoms. The van der Waals surface area contributed by atoms with Crippen molar-refractivity contribution in [3.8, 4) is 11.1 Å². The quantitative estimate of drug-likeness (QED) is 0.229. The molecule has 8 nitrogen and oxygen atoms in total. The van der Waals surface area contributed by atoms with E-state index >= 15 is 0 Å². The van der Waals surface area contributed by atoms with E-state index in [9.17, 15) is 19.5 Å². The molecular formula is C26H26ClN3O5. The van der Waals surface area contributed by atoms with Crippen molar-refractivity contribution in [1.29, 1.82) is 0 Å². The lowest BCUT2D eigenvalue weighted by atomic mass is 9.98. The summed E-state index contributed by atoms with van der Waals surface area (Å²) in [5, 5.41) is 22.1. The molecule has 3 rings (SSSR count). The van der Waals surface area contributed by atoms with Gasteiger partial charge in [0.05, 0.1) is 5.69 Å². The van der Waals surface area contributed by atoms with Gasteiger partial charge in [0.15, 0.2) is 6.10 Å². The highest BCUT2D eigenvalue weighted by Gasteiger charge is 2.24. The molecule has 0 spiro atoms. The van der Waals surface area contributed by atoms with Gasteiger partial charge < -0.3 is 15.5 Å². The summed E-state index contributed by atoms with van der Waals surface area (Å²) in [5.74, 6) is -3.31. The van der Waals surface area contributed by atoms with Crippen LogP contribution in [-0.2, 0) is 20.8 Å². The average molecular weight is 496 g/mol. The number of rotatable bonds is 9. The Hall–Kier alpha value is -3.88. The molecule has 0 aliphatic heterocycles. The van der Waals surface area contributed by atoms with Crippen molar-refractivity contribution < 1.29 is 24.6 Å². The van der Waals surface area contributed by atoms with Crippen molar-refractivity contribution in [1.82, 2.24) is 10.7 Å². The van der Waals surface area contributed by atoms with Gasteiger partial charge in [0.25, 0.3) is 0 Å². The van der Waals surface area contributed by atoms with Crippen molar-refractivity contribution in [3.05, 3.63) is 88.9 Å². The Morgan fingerprint density at radius 3 is 2.29 bits per heavy atom. The smallest absolute Gasteiger partial charge is 0.332 e. The monoisotopic (exact) mass is 495 g/mol. The van der Waals surface area contributed by atoms with E-state index in [0.717, 1.165) is 22.3 Å². The predicted octanol–water partition coefficient (Wildman–Crippen LogP) is 3.32. The van der Waals surface area contributed by atoms with Crippen LogP contribution in [0.25, 0.3) is 11.1 Å². The molecule has 0 aliphatic rings. The number of aliphatic hydroxyl groups is 1. The summed E-state index contributed by atoms with van der Waals surface area (Å²) in [5.41, 5.74) is 9.20. The number of carboxylic acid groups (broad SMARTS) is 1. The first-order valence-electron chi connectivity index (χ1n) is 10.9. The first kappa shape index (κ1) is 25.7. The number of halogens is 1. The lowest BCUT2D eigenvalue weighted by Crippen LogP contribution is -2.48. The van der Waals surface area contributed by atoms with E-state index < -0.39 is 29.9 Å². The summed E-state index contributed by atoms with van der Waals surface area (Å²) >= 11 is 6.06. The lowest BCUT2D eigenvalue weighted by molar-refractivity contribution is -0.147. The van der Waals surface area contributed by atoms with Gasteiger partial charge in [-0.3, -0.25) is 20.4 Å². The van der Waals surface area contributed by atoms with Gasteiger partial charge in [-0.25, -0.2) is 4.79 Å². The summed E-state index contributed by atoms with van der Waals surface area (Å²) in [7, 11) is 0. The van der Waals surface area contributed by atoms with Crippen LogP contribution in [0.2, 0.25) is 5.02 Å². The summed E-state index contributed by atoms with van der Waals surface area (Å²) in [4.78, 5) is 35.9. The average Bonchev–Trinajstić information content (AvgIpc) is 2.83. The number of benzene rings is 3. The molecule has 5 N–H and O–H groups in total. The zero-order valence-corrected chi connectivity index (χ0v) is 19.8. The Balaban J connectivity index is 1.66. The molecule has 2 atom stereocenters. The van der Waals surface area contributed by atoms with Crippen molar-refractivity contribution in [2.75, 3.05) is 5.43 Å². The van der Waals surface area contributed by atoms with E-state index in [0.29, 0.717) is 10.7 Å². The minimum absolute atomic E-state index is 0.213. The lowest BCUT2D eigenvalue weighted by Gasteiger charge is -2.20. The number of nitrogens with one attached hydrogen (secondary N) is 3. The maximum Gasteiger partial charge on any atom is 0.332 e. The number of hydrogen-bond donors (Lipinski definition) is 5. The third kappa shape index (κ3) is 7.84. The highest BCUT2D eigenvalue weighted by Crippen LogP contribution is 2.23. The molecule has 0 aliphatic carbocycles. The number of amides is 2. The second-order valence-electron chi connectivity index (χ2n) is 8.12. The number of carbonyl (C=O) groups excluding carboxylic acids is 2. The largest absolute Gasteiger partial charge is 0.479 e. The maximum atomic E-state index is 12.4. The fourth-order valence-corrected chi connectivity index (χ4v) is 3.70. The van der Waals surface area contributed by atoms with E-state index in [1.165, 1.54) is 0 Å². The highest BCUT2D eigenvalue weighted by atomic mass is 35.5. The number of aliphatic carboxylic acids is 1. The van der Waals surface area contributed by atoms with E-state index in [2.05, 4.69) is 16.2 Å². The molecule has 3 aromatic carbocycles. The van der Waals surface area contributed by atoms with Crippen LogP contribution in [0.3, 0.4) is 0 Å². The van der Waals surface area contributed by atoms with Crippen molar-refractivity contribution in [2.45, 2.75) is 31.9 Å². The van der Waals surface area contributed by atoms with Crippen LogP contribution in [-0.4, -0.2) is 40.1 Å². The highest BCUT2D eigenvalue weighted by molar-refractivity contribution is 6.35. The predicted molar refractivity (Wildman–Crippen MR) is 134 cm³/mol. The molecule has 0 saturated carbocycles. The molecule has 0 aromatic heterocycles. The minimum Gasteiger partial charge on any atom is -0.479 e. The summed E-state index contributed by atoms with van der Waals surface area (Å²) in [6, 6.07) is 21.2. The van der Waals surface area contributed by atoms with Gasteiger partial charge in [0, 0.05) is 17.5 Å². The number of aliphatic hydroxyl groups excluding tert-OH is 1. The molecule has 3 aromatic rings. The van der Waals surface area contributed by atoms with Crippen LogP contribution >= 0.6 is 11.6 Å². The van der Waals surface area contributed by atoms with Crippen LogP contribution < -0.4 is 16.2 Å². The summed E-state index contributed by atoms with van der Waals surface area (Å²) in [6.07, 6.45) is -1.75. The van der Waals surface area contributed by atoms with Crippen LogP contribution in [0.15, 0.2) is 72.8 Å². The van der Waals surface area contributed by atoms with Gasteiger partial charge in [-0.2, -0.15) is 0 Å². The molecule has 182 valence electrons. The number of hydrazine groups is 1. The van der Waals surface area contributed by atoms with Crippen LogP contribution in [0.5, 0.6) is 0 Å². The topological polar surface area (TPSA) is 128 Å². The molecule has 0 saturated heterocycles.